The van der Waals surface area contributed by atoms with Gasteiger partial charge in [0.1, 0.15) is 5.01 Å². The van der Waals surface area contributed by atoms with Gasteiger partial charge in [0, 0.05) is 55.2 Å². The highest BCUT2D eigenvalue weighted by Crippen LogP contribution is 2.26. The molecule has 7 heteroatoms. The van der Waals surface area contributed by atoms with Crippen molar-refractivity contribution in [2.75, 3.05) is 19.6 Å². The lowest BCUT2D eigenvalue weighted by Gasteiger charge is -2.21. The number of hydrogen-bond donors (Lipinski definition) is 1. The first-order chi connectivity index (χ1) is 13.7. The standard InChI is InChI=1S/C21H22N4O2S/c26-18-12-24(14-19-10-23-21(28-19)17-6-2-1-3-7-17)15-20(27)25(13-18)11-16-5-4-8-22-9-16/h1-10,18,26H,11-15H2/t18-/m1/s1. The van der Waals surface area contributed by atoms with E-state index in [0.29, 0.717) is 26.2 Å². The SMILES string of the molecule is O=C1CN(Cc2cnc(-c3ccccc3)s2)C[C@@H](O)CN1Cc1cccnc1. The molecule has 1 amide bonds. The van der Waals surface area contributed by atoms with Crippen LogP contribution >= 0.6 is 11.3 Å². The van der Waals surface area contributed by atoms with Crippen LogP contribution in [0.4, 0.5) is 0 Å². The molecule has 1 fully saturated rings. The summed E-state index contributed by atoms with van der Waals surface area (Å²) in [5.74, 6) is 0.0215. The summed E-state index contributed by atoms with van der Waals surface area (Å²) in [5.41, 5.74) is 2.06. The van der Waals surface area contributed by atoms with Crippen LogP contribution in [0.1, 0.15) is 10.4 Å². The number of pyridine rings is 1. The average molecular weight is 395 g/mol. The van der Waals surface area contributed by atoms with Gasteiger partial charge in [-0.3, -0.25) is 14.7 Å². The Morgan fingerprint density at radius 3 is 2.71 bits per heavy atom. The van der Waals surface area contributed by atoms with Crippen molar-refractivity contribution in [3.05, 3.63) is 71.5 Å². The normalized spacial score (nSPS) is 18.2. The van der Waals surface area contributed by atoms with Crippen LogP contribution in [0.3, 0.4) is 0 Å². The first-order valence-electron chi connectivity index (χ1n) is 9.24. The summed E-state index contributed by atoms with van der Waals surface area (Å²) in [5, 5.41) is 11.4. The van der Waals surface area contributed by atoms with E-state index in [1.165, 1.54) is 0 Å². The van der Waals surface area contributed by atoms with E-state index in [9.17, 15) is 9.90 Å². The van der Waals surface area contributed by atoms with Crippen LogP contribution in [0.15, 0.2) is 61.1 Å². The molecule has 0 bridgehead atoms. The number of carbonyl (C=O) groups excluding carboxylic acids is 1. The van der Waals surface area contributed by atoms with Gasteiger partial charge in [0.15, 0.2) is 0 Å². The Hall–Kier alpha value is -2.61. The molecule has 1 N–H and O–H groups in total. The minimum absolute atomic E-state index is 0.0215. The van der Waals surface area contributed by atoms with Gasteiger partial charge in [-0.05, 0) is 11.6 Å². The van der Waals surface area contributed by atoms with Crippen molar-refractivity contribution in [2.24, 2.45) is 0 Å². The molecule has 28 heavy (non-hydrogen) atoms. The molecule has 1 aromatic carbocycles. The molecule has 3 heterocycles. The van der Waals surface area contributed by atoms with Crippen molar-refractivity contribution in [3.63, 3.8) is 0 Å². The van der Waals surface area contributed by atoms with Crippen LogP contribution in [0, 0.1) is 0 Å². The van der Waals surface area contributed by atoms with Crippen molar-refractivity contribution < 1.29 is 9.90 Å². The second-order valence-electron chi connectivity index (χ2n) is 6.96. The van der Waals surface area contributed by atoms with Gasteiger partial charge in [-0.25, -0.2) is 4.98 Å². The third kappa shape index (κ3) is 4.62. The van der Waals surface area contributed by atoms with E-state index in [1.807, 2.05) is 53.6 Å². The molecule has 1 aliphatic rings. The molecule has 1 aliphatic heterocycles. The number of nitrogens with zero attached hydrogens (tertiary/aromatic N) is 4. The van der Waals surface area contributed by atoms with E-state index in [4.69, 9.17) is 0 Å². The summed E-state index contributed by atoms with van der Waals surface area (Å²) in [7, 11) is 0. The predicted molar refractivity (Wildman–Crippen MR) is 108 cm³/mol. The lowest BCUT2D eigenvalue weighted by molar-refractivity contribution is -0.132. The number of β-amino-alcohol motifs (C(OH)–C–C–N with tert-alkyl or cyclic N) is 1. The van der Waals surface area contributed by atoms with Crippen LogP contribution in [-0.4, -0.2) is 56.5 Å². The largest absolute Gasteiger partial charge is 0.390 e. The van der Waals surface area contributed by atoms with Crippen LogP contribution in [0.5, 0.6) is 0 Å². The summed E-state index contributed by atoms with van der Waals surface area (Å²) in [6.07, 6.45) is 4.75. The molecular formula is C21H22N4O2S. The minimum Gasteiger partial charge on any atom is -0.390 e. The Labute approximate surface area is 168 Å². The van der Waals surface area contributed by atoms with E-state index in [0.717, 1.165) is 21.0 Å². The fourth-order valence-corrected chi connectivity index (χ4v) is 4.33. The fourth-order valence-electron chi connectivity index (χ4n) is 3.37. The molecular weight excluding hydrogens is 372 g/mol. The van der Waals surface area contributed by atoms with E-state index in [2.05, 4.69) is 9.97 Å². The Kier molecular flexibility index (Phi) is 5.76. The van der Waals surface area contributed by atoms with Gasteiger partial charge in [-0.2, -0.15) is 0 Å². The Bertz CT molecular complexity index is 916. The van der Waals surface area contributed by atoms with Crippen molar-refractivity contribution in [3.8, 4) is 10.6 Å². The lowest BCUT2D eigenvalue weighted by atomic mass is 10.2. The molecule has 6 nitrogen and oxygen atoms in total. The summed E-state index contributed by atoms with van der Waals surface area (Å²) < 4.78 is 0. The maximum absolute atomic E-state index is 12.7. The van der Waals surface area contributed by atoms with Crippen LogP contribution in [0.25, 0.3) is 10.6 Å². The zero-order valence-electron chi connectivity index (χ0n) is 15.4. The highest BCUT2D eigenvalue weighted by atomic mass is 32.1. The van der Waals surface area contributed by atoms with E-state index in [-0.39, 0.29) is 12.5 Å². The Morgan fingerprint density at radius 2 is 1.93 bits per heavy atom. The van der Waals surface area contributed by atoms with Gasteiger partial charge in [0.25, 0.3) is 0 Å². The Morgan fingerprint density at radius 1 is 1.07 bits per heavy atom. The first-order valence-corrected chi connectivity index (χ1v) is 10.1. The fraction of sp³-hybridized carbons (Fsp3) is 0.286. The van der Waals surface area contributed by atoms with Gasteiger partial charge in [0.2, 0.25) is 5.91 Å². The van der Waals surface area contributed by atoms with Crippen LogP contribution < -0.4 is 0 Å². The van der Waals surface area contributed by atoms with Gasteiger partial charge in [0.05, 0.1) is 12.6 Å². The third-order valence-electron chi connectivity index (χ3n) is 4.66. The highest BCUT2D eigenvalue weighted by Gasteiger charge is 2.27. The number of benzene rings is 1. The number of aromatic nitrogens is 2. The predicted octanol–water partition coefficient (Wildman–Crippen LogP) is 2.41. The summed E-state index contributed by atoms with van der Waals surface area (Å²) in [6, 6.07) is 13.9. The number of rotatable bonds is 5. The number of aliphatic hydroxyl groups is 1. The summed E-state index contributed by atoms with van der Waals surface area (Å²) in [4.78, 5) is 26.1. The zero-order chi connectivity index (χ0) is 19.3. The van der Waals surface area contributed by atoms with Crippen molar-refractivity contribution in [1.29, 1.82) is 0 Å². The molecule has 0 radical (unpaired) electrons. The lowest BCUT2D eigenvalue weighted by Crippen LogP contribution is -2.36. The number of hydrogen-bond acceptors (Lipinski definition) is 6. The second kappa shape index (κ2) is 8.60. The maximum Gasteiger partial charge on any atom is 0.237 e. The van der Waals surface area contributed by atoms with Crippen molar-refractivity contribution in [1.82, 2.24) is 19.8 Å². The number of thiazole rings is 1. The van der Waals surface area contributed by atoms with Crippen molar-refractivity contribution >= 4 is 17.2 Å². The van der Waals surface area contributed by atoms with E-state index in [1.54, 1.807) is 28.6 Å². The molecule has 1 saturated heterocycles. The summed E-state index contributed by atoms with van der Waals surface area (Å²) in [6.45, 7) is 2.16. The molecule has 0 spiro atoms. The van der Waals surface area contributed by atoms with Gasteiger partial charge in [-0.1, -0.05) is 36.4 Å². The molecule has 1 atom stereocenters. The second-order valence-corrected chi connectivity index (χ2v) is 8.07. The minimum atomic E-state index is -0.579. The quantitative estimate of drug-likeness (QED) is 0.720. The monoisotopic (exact) mass is 394 g/mol. The van der Waals surface area contributed by atoms with Crippen LogP contribution in [-0.2, 0) is 17.9 Å². The highest BCUT2D eigenvalue weighted by molar-refractivity contribution is 7.15. The zero-order valence-corrected chi connectivity index (χ0v) is 16.3. The summed E-state index contributed by atoms with van der Waals surface area (Å²) >= 11 is 1.62. The van der Waals surface area contributed by atoms with Crippen LogP contribution in [0.2, 0.25) is 0 Å². The number of aliphatic hydroxyl groups excluding tert-OH is 1. The maximum atomic E-state index is 12.7. The smallest absolute Gasteiger partial charge is 0.237 e. The van der Waals surface area contributed by atoms with Gasteiger partial charge >= 0.3 is 0 Å². The molecule has 0 unspecified atom stereocenters. The average Bonchev–Trinajstić information content (AvgIpc) is 3.12. The van der Waals surface area contributed by atoms with Gasteiger partial charge < -0.3 is 10.0 Å². The Balaban J connectivity index is 1.42. The molecule has 0 aliphatic carbocycles. The molecule has 0 saturated carbocycles. The van der Waals surface area contributed by atoms with Gasteiger partial charge in [-0.15, -0.1) is 11.3 Å². The van der Waals surface area contributed by atoms with E-state index < -0.39 is 6.10 Å². The molecule has 144 valence electrons. The third-order valence-corrected chi connectivity index (χ3v) is 5.69. The van der Waals surface area contributed by atoms with E-state index >= 15 is 0 Å². The number of carbonyl (C=O) groups is 1. The topological polar surface area (TPSA) is 69.6 Å². The molecule has 4 rings (SSSR count). The first kappa shape index (κ1) is 18.7. The molecule has 3 aromatic rings. The molecule has 2 aromatic heterocycles. The number of amides is 1. The van der Waals surface area contributed by atoms with Crippen molar-refractivity contribution in [2.45, 2.75) is 19.2 Å².